The number of nitrogens with zero attached hydrogens (tertiary/aromatic N) is 2. The fraction of sp³-hybridized carbons (Fsp3) is 0.429. The summed E-state index contributed by atoms with van der Waals surface area (Å²) in [5.41, 5.74) is -2.06. The van der Waals surface area contributed by atoms with E-state index in [1.807, 2.05) is 65.3 Å². The summed E-state index contributed by atoms with van der Waals surface area (Å²) in [4.78, 5) is 10.4. The van der Waals surface area contributed by atoms with E-state index >= 15 is 0 Å². The van der Waals surface area contributed by atoms with E-state index in [2.05, 4.69) is 4.67 Å². The Kier molecular flexibility index (Phi) is 17.8. The van der Waals surface area contributed by atoms with Crippen molar-refractivity contribution in [3.05, 3.63) is 60.7 Å². The summed E-state index contributed by atoms with van der Waals surface area (Å²) in [5, 5.41) is 1.94. The maximum atomic E-state index is 10.4. The first kappa shape index (κ1) is 34.4. The Balaban J connectivity index is 0.000000569. The molecule has 2 fully saturated rings. The molecule has 180 valence electrons. The third-order valence-electron chi connectivity index (χ3n) is 4.89. The quantitative estimate of drug-likeness (QED) is 0.419. The summed E-state index contributed by atoms with van der Waals surface area (Å²) in [6, 6.07) is 19.5. The van der Waals surface area contributed by atoms with Crippen molar-refractivity contribution in [2.45, 2.75) is 7.43 Å². The van der Waals surface area contributed by atoms with E-state index in [0.717, 1.165) is 50.0 Å². The van der Waals surface area contributed by atoms with Crippen LogP contribution < -0.4 is 62.0 Å². The number of hydrogen-bond donors (Lipinski definition) is 1. The van der Waals surface area contributed by atoms with Gasteiger partial charge in [-0.1, -0.05) is 91.1 Å². The summed E-state index contributed by atoms with van der Waals surface area (Å²) in [6.07, 6.45) is -2.53. The van der Waals surface area contributed by atoms with Crippen molar-refractivity contribution in [2.75, 3.05) is 52.6 Å². The van der Waals surface area contributed by atoms with E-state index < -0.39 is 12.0 Å². The molecule has 2 saturated heterocycles. The molecule has 4 rings (SSSR count). The maximum absolute atomic E-state index is 10.4. The van der Waals surface area contributed by atoms with Gasteiger partial charge in [0.05, 0.1) is 26.4 Å². The molecule has 0 saturated carbocycles. The minimum atomic E-state index is -2.53. The van der Waals surface area contributed by atoms with Gasteiger partial charge in [0.15, 0.2) is 6.42 Å². The van der Waals surface area contributed by atoms with Crippen molar-refractivity contribution in [3.8, 4) is 0 Å². The number of benzene rings is 2. The van der Waals surface area contributed by atoms with Gasteiger partial charge in [-0.15, -0.1) is 0 Å². The first-order valence-electron chi connectivity index (χ1n) is 9.82. The molecule has 2 heterocycles. The summed E-state index contributed by atoms with van der Waals surface area (Å²) >= 11 is 17.5. The van der Waals surface area contributed by atoms with E-state index in [0.29, 0.717) is 13.2 Å². The number of morpholine rings is 2. The zero-order valence-electron chi connectivity index (χ0n) is 18.1. The zero-order chi connectivity index (χ0) is 21.5. The van der Waals surface area contributed by atoms with Crippen LogP contribution in [0.15, 0.2) is 60.7 Å². The molecular formula is C21H32ClKN2O4P2S2. The molecule has 0 aliphatic carbocycles. The van der Waals surface area contributed by atoms with Crippen LogP contribution in [0.3, 0.4) is 0 Å². The average molecular weight is 577 g/mol. The Labute approximate surface area is 255 Å². The van der Waals surface area contributed by atoms with Crippen LogP contribution >= 0.6 is 23.2 Å². The number of rotatable bonds is 4. The molecule has 2 aliphatic heterocycles. The van der Waals surface area contributed by atoms with Crippen LogP contribution in [-0.2, 0) is 33.1 Å². The molecule has 0 bridgehead atoms. The first-order chi connectivity index (χ1) is 14.4. The van der Waals surface area contributed by atoms with Crippen LogP contribution in [0.5, 0.6) is 0 Å². The van der Waals surface area contributed by atoms with E-state index in [1.165, 1.54) is 0 Å². The van der Waals surface area contributed by atoms with Gasteiger partial charge in [-0.2, -0.15) is 0 Å². The Morgan fingerprint density at radius 2 is 1.09 bits per heavy atom. The van der Waals surface area contributed by atoms with Gasteiger partial charge in [-0.05, 0) is 11.8 Å². The van der Waals surface area contributed by atoms with Crippen molar-refractivity contribution in [1.82, 2.24) is 9.34 Å². The van der Waals surface area contributed by atoms with Crippen LogP contribution in [0.25, 0.3) is 0 Å². The summed E-state index contributed by atoms with van der Waals surface area (Å²) < 4.78 is 14.7. The molecule has 33 heavy (non-hydrogen) atoms. The smallest absolute Gasteiger partial charge is 0.870 e. The van der Waals surface area contributed by atoms with Crippen LogP contribution in [0, 0.1) is 0 Å². The van der Waals surface area contributed by atoms with Crippen molar-refractivity contribution in [2.24, 2.45) is 0 Å². The SMILES string of the molecule is C.OP(=S)(c1ccccc1)N1CCOCC1.S=P(Cl)(c1ccccc1)N1CCOCC1.[K+].[OH-]. The first-order valence-corrected chi connectivity index (χ1v) is 16.2. The second-order valence-electron chi connectivity index (χ2n) is 6.85. The van der Waals surface area contributed by atoms with Crippen molar-refractivity contribution < 1.29 is 71.2 Å². The molecule has 12 heteroatoms. The Morgan fingerprint density at radius 1 is 0.727 bits per heavy atom. The third kappa shape index (κ3) is 10.0. The van der Waals surface area contributed by atoms with Gasteiger partial charge in [0, 0.05) is 36.8 Å². The standard InChI is InChI=1S/C10H13ClNOPS.C10H14NO2PS.CH4.K.H2O/c11-14(15,10-4-2-1-3-5-10)12-6-8-13-9-7-12;12-14(15,10-4-2-1-3-5-10)11-6-8-13-9-7-11;;;/h1-5H,6-9H2;1-5H,6-9H2,(H,12,15);1H4;;1H2/q;;;+1;/p-1. The molecular weight excluding hydrogens is 545 g/mol. The molecule has 0 radical (unpaired) electrons. The number of ether oxygens (including phenoxy) is 2. The second-order valence-corrected chi connectivity index (χ2v) is 16.3. The second kappa shape index (κ2) is 17.0. The normalized spacial score (nSPS) is 20.2. The van der Waals surface area contributed by atoms with E-state index in [9.17, 15) is 4.89 Å². The van der Waals surface area contributed by atoms with Crippen molar-refractivity contribution in [3.63, 3.8) is 0 Å². The Hall–Kier alpha value is 1.43. The van der Waals surface area contributed by atoms with Gasteiger partial charge in [-0.25, -0.2) is 4.67 Å². The molecule has 2 aromatic carbocycles. The topological polar surface area (TPSA) is 75.2 Å². The average Bonchev–Trinajstić information content (AvgIpc) is 2.82. The minimum Gasteiger partial charge on any atom is -0.870 e. The summed E-state index contributed by atoms with van der Waals surface area (Å²) in [5.74, 6) is 0. The molecule has 0 aromatic heterocycles. The molecule has 2 aromatic rings. The van der Waals surface area contributed by atoms with Gasteiger partial charge in [-0.3, -0.25) is 4.67 Å². The maximum Gasteiger partial charge on any atom is 1.00 e. The summed E-state index contributed by atoms with van der Waals surface area (Å²) in [7, 11) is 0. The van der Waals surface area contributed by atoms with Gasteiger partial charge >= 0.3 is 51.4 Å². The Morgan fingerprint density at radius 3 is 1.52 bits per heavy atom. The molecule has 0 amide bonds. The van der Waals surface area contributed by atoms with Gasteiger partial charge < -0.3 is 19.8 Å². The minimum absolute atomic E-state index is 0. The van der Waals surface area contributed by atoms with Crippen LogP contribution in [0.1, 0.15) is 7.43 Å². The van der Waals surface area contributed by atoms with Gasteiger partial charge in [0.2, 0.25) is 0 Å². The number of halogens is 1. The molecule has 0 spiro atoms. The Bertz CT molecular complexity index is 817. The van der Waals surface area contributed by atoms with Crippen LogP contribution in [0.4, 0.5) is 0 Å². The number of hydrogen-bond acceptors (Lipinski definition) is 5. The predicted octanol–water partition coefficient (Wildman–Crippen LogP) is 0.602. The van der Waals surface area contributed by atoms with Crippen molar-refractivity contribution >= 4 is 57.4 Å². The van der Waals surface area contributed by atoms with Gasteiger partial charge in [0.25, 0.3) is 0 Å². The van der Waals surface area contributed by atoms with E-state index in [1.54, 1.807) is 0 Å². The molecule has 2 aliphatic rings. The predicted molar refractivity (Wildman–Crippen MR) is 142 cm³/mol. The van der Waals surface area contributed by atoms with Gasteiger partial charge in [0.1, 0.15) is 5.54 Å². The van der Waals surface area contributed by atoms with E-state index in [-0.39, 0.29) is 64.3 Å². The fourth-order valence-corrected chi connectivity index (χ4v) is 8.83. The summed E-state index contributed by atoms with van der Waals surface area (Å²) in [6.45, 7) is 5.92. The molecule has 6 nitrogen and oxygen atoms in total. The monoisotopic (exact) mass is 576 g/mol. The molecule has 2 N–H and O–H groups in total. The zero-order valence-corrected chi connectivity index (χ0v) is 25.4. The van der Waals surface area contributed by atoms with E-state index in [4.69, 9.17) is 44.3 Å². The third-order valence-corrected chi connectivity index (χ3v) is 13.0. The molecule has 2 atom stereocenters. The van der Waals surface area contributed by atoms with Crippen LogP contribution in [0.2, 0.25) is 0 Å². The fourth-order valence-electron chi connectivity index (χ4n) is 3.20. The van der Waals surface area contributed by atoms with Crippen LogP contribution in [-0.4, -0.2) is 72.3 Å². The van der Waals surface area contributed by atoms with Crippen molar-refractivity contribution in [1.29, 1.82) is 0 Å². The largest absolute Gasteiger partial charge is 1.00 e. The molecule has 2 unspecified atom stereocenters.